The molecule has 0 bridgehead atoms. The highest BCUT2D eigenvalue weighted by molar-refractivity contribution is 7.99. The highest BCUT2D eigenvalue weighted by atomic mass is 35.5. The standard InChI is InChI=1S/C14H21Cl2NS/c1-4-17-12(9-18-10(2)3)7-11-5-6-13(15)14(16)8-11/h5-6,8,10,12,17H,4,7,9H2,1-3H3. The third-order valence-corrected chi connectivity index (χ3v) is 4.59. The topological polar surface area (TPSA) is 12.0 Å². The summed E-state index contributed by atoms with van der Waals surface area (Å²) in [6.07, 6.45) is 0.991. The molecule has 0 aromatic heterocycles. The van der Waals surface area contributed by atoms with E-state index in [9.17, 15) is 0 Å². The summed E-state index contributed by atoms with van der Waals surface area (Å²) in [6, 6.07) is 6.38. The Labute approximate surface area is 125 Å². The number of benzene rings is 1. The van der Waals surface area contributed by atoms with Crippen molar-refractivity contribution in [3.8, 4) is 0 Å². The molecule has 1 unspecified atom stereocenters. The quantitative estimate of drug-likeness (QED) is 0.786. The third kappa shape index (κ3) is 5.83. The molecular formula is C14H21Cl2NS. The fraction of sp³-hybridized carbons (Fsp3) is 0.571. The second-order valence-corrected chi connectivity index (χ2v) is 7.01. The lowest BCUT2D eigenvalue weighted by molar-refractivity contribution is 0.572. The van der Waals surface area contributed by atoms with Crippen molar-refractivity contribution in [3.05, 3.63) is 33.8 Å². The lowest BCUT2D eigenvalue weighted by Gasteiger charge is -2.19. The van der Waals surface area contributed by atoms with Crippen molar-refractivity contribution < 1.29 is 0 Å². The minimum absolute atomic E-state index is 0.486. The molecule has 0 heterocycles. The van der Waals surface area contributed by atoms with E-state index in [1.807, 2.05) is 23.9 Å². The molecule has 102 valence electrons. The molecule has 1 N–H and O–H groups in total. The molecule has 0 radical (unpaired) electrons. The van der Waals surface area contributed by atoms with Crippen molar-refractivity contribution in [2.45, 2.75) is 38.5 Å². The van der Waals surface area contributed by atoms with Gasteiger partial charge in [-0.3, -0.25) is 0 Å². The van der Waals surface area contributed by atoms with Crippen LogP contribution in [0.4, 0.5) is 0 Å². The Bertz CT molecular complexity index is 369. The van der Waals surface area contributed by atoms with Crippen LogP contribution in [0.3, 0.4) is 0 Å². The van der Waals surface area contributed by atoms with Gasteiger partial charge in [-0.25, -0.2) is 0 Å². The first-order chi connectivity index (χ1) is 8.52. The maximum Gasteiger partial charge on any atom is 0.0595 e. The molecule has 1 nitrogen and oxygen atoms in total. The lowest BCUT2D eigenvalue weighted by Crippen LogP contribution is -2.33. The molecule has 0 saturated carbocycles. The van der Waals surface area contributed by atoms with Gasteiger partial charge in [-0.05, 0) is 35.9 Å². The SMILES string of the molecule is CCNC(CSC(C)C)Cc1ccc(Cl)c(Cl)c1. The first-order valence-electron chi connectivity index (χ1n) is 6.31. The number of hydrogen-bond acceptors (Lipinski definition) is 2. The molecule has 0 aliphatic rings. The van der Waals surface area contributed by atoms with Crippen molar-refractivity contribution in [1.82, 2.24) is 5.32 Å². The van der Waals surface area contributed by atoms with E-state index in [0.717, 1.165) is 18.7 Å². The Morgan fingerprint density at radius 3 is 2.50 bits per heavy atom. The predicted molar refractivity (Wildman–Crippen MR) is 85.2 cm³/mol. The van der Waals surface area contributed by atoms with E-state index in [1.165, 1.54) is 5.56 Å². The number of thioether (sulfide) groups is 1. The van der Waals surface area contributed by atoms with E-state index in [4.69, 9.17) is 23.2 Å². The summed E-state index contributed by atoms with van der Waals surface area (Å²) < 4.78 is 0. The van der Waals surface area contributed by atoms with Crippen LogP contribution in [0.15, 0.2) is 18.2 Å². The molecule has 0 aliphatic heterocycles. The zero-order valence-corrected chi connectivity index (χ0v) is 13.5. The first-order valence-corrected chi connectivity index (χ1v) is 8.12. The number of hydrogen-bond donors (Lipinski definition) is 1. The van der Waals surface area contributed by atoms with Gasteiger partial charge in [0.05, 0.1) is 10.0 Å². The average Bonchev–Trinajstić information content (AvgIpc) is 2.31. The van der Waals surface area contributed by atoms with Crippen LogP contribution in [-0.2, 0) is 6.42 Å². The number of rotatable bonds is 7. The van der Waals surface area contributed by atoms with Crippen molar-refractivity contribution in [3.63, 3.8) is 0 Å². The van der Waals surface area contributed by atoms with Gasteiger partial charge in [-0.15, -0.1) is 0 Å². The smallest absolute Gasteiger partial charge is 0.0595 e. The van der Waals surface area contributed by atoms with Crippen molar-refractivity contribution in [2.24, 2.45) is 0 Å². The minimum Gasteiger partial charge on any atom is -0.313 e. The number of likely N-dealkylation sites (N-methyl/N-ethyl adjacent to an activating group) is 1. The predicted octanol–water partition coefficient (Wildman–Crippen LogP) is 4.66. The molecule has 0 aliphatic carbocycles. The zero-order chi connectivity index (χ0) is 13.5. The van der Waals surface area contributed by atoms with Crippen LogP contribution in [0.25, 0.3) is 0 Å². The molecule has 0 spiro atoms. The molecule has 1 rings (SSSR count). The van der Waals surface area contributed by atoms with Crippen LogP contribution < -0.4 is 5.32 Å². The van der Waals surface area contributed by atoms with E-state index in [0.29, 0.717) is 21.3 Å². The van der Waals surface area contributed by atoms with Crippen LogP contribution in [-0.4, -0.2) is 23.6 Å². The van der Waals surface area contributed by atoms with Gasteiger partial charge in [0.25, 0.3) is 0 Å². The molecule has 4 heteroatoms. The molecule has 0 amide bonds. The van der Waals surface area contributed by atoms with E-state index in [2.05, 4.69) is 32.2 Å². The fourth-order valence-corrected chi connectivity index (χ4v) is 2.91. The van der Waals surface area contributed by atoms with E-state index >= 15 is 0 Å². The van der Waals surface area contributed by atoms with Gasteiger partial charge in [-0.1, -0.05) is 50.0 Å². The zero-order valence-electron chi connectivity index (χ0n) is 11.2. The van der Waals surface area contributed by atoms with E-state index < -0.39 is 0 Å². The molecular weight excluding hydrogens is 285 g/mol. The summed E-state index contributed by atoms with van der Waals surface area (Å²) in [5.74, 6) is 1.12. The maximum absolute atomic E-state index is 6.04. The van der Waals surface area contributed by atoms with Crippen molar-refractivity contribution in [1.29, 1.82) is 0 Å². The second kappa shape index (κ2) is 8.31. The van der Waals surface area contributed by atoms with E-state index in [1.54, 1.807) is 0 Å². The van der Waals surface area contributed by atoms with Crippen molar-refractivity contribution in [2.75, 3.05) is 12.3 Å². The van der Waals surface area contributed by atoms with Crippen LogP contribution >= 0.6 is 35.0 Å². The van der Waals surface area contributed by atoms with Gasteiger partial charge in [0.15, 0.2) is 0 Å². The third-order valence-electron chi connectivity index (χ3n) is 2.59. The monoisotopic (exact) mass is 305 g/mol. The summed E-state index contributed by atoms with van der Waals surface area (Å²) in [7, 11) is 0. The molecule has 1 aromatic rings. The van der Waals surface area contributed by atoms with Crippen LogP contribution in [0.5, 0.6) is 0 Å². The Hall–Kier alpha value is 0.110. The van der Waals surface area contributed by atoms with E-state index in [-0.39, 0.29) is 0 Å². The summed E-state index contributed by atoms with van der Waals surface area (Å²) in [6.45, 7) is 7.59. The highest BCUT2D eigenvalue weighted by Crippen LogP contribution is 2.23. The Morgan fingerprint density at radius 2 is 1.94 bits per heavy atom. The Kier molecular flexibility index (Phi) is 7.47. The van der Waals surface area contributed by atoms with Gasteiger partial charge >= 0.3 is 0 Å². The Morgan fingerprint density at radius 1 is 1.22 bits per heavy atom. The molecule has 1 aromatic carbocycles. The van der Waals surface area contributed by atoms with Gasteiger partial charge in [-0.2, -0.15) is 11.8 Å². The van der Waals surface area contributed by atoms with Crippen LogP contribution in [0, 0.1) is 0 Å². The largest absolute Gasteiger partial charge is 0.313 e. The summed E-state index contributed by atoms with van der Waals surface area (Å²) in [4.78, 5) is 0. The molecule has 0 fully saturated rings. The fourth-order valence-electron chi connectivity index (χ4n) is 1.74. The average molecular weight is 306 g/mol. The van der Waals surface area contributed by atoms with Gasteiger partial charge in [0.1, 0.15) is 0 Å². The van der Waals surface area contributed by atoms with Crippen molar-refractivity contribution >= 4 is 35.0 Å². The van der Waals surface area contributed by atoms with Crippen LogP contribution in [0.1, 0.15) is 26.3 Å². The highest BCUT2D eigenvalue weighted by Gasteiger charge is 2.10. The first kappa shape index (κ1) is 16.2. The Balaban J connectivity index is 2.61. The lowest BCUT2D eigenvalue weighted by atomic mass is 10.1. The normalized spacial score (nSPS) is 13.0. The number of halogens is 2. The minimum atomic E-state index is 0.486. The van der Waals surface area contributed by atoms with Gasteiger partial charge < -0.3 is 5.32 Å². The summed E-state index contributed by atoms with van der Waals surface area (Å²) in [5.41, 5.74) is 1.24. The second-order valence-electron chi connectivity index (χ2n) is 4.59. The molecule has 0 saturated heterocycles. The maximum atomic E-state index is 6.04. The van der Waals surface area contributed by atoms with Gasteiger partial charge in [0, 0.05) is 11.8 Å². The summed E-state index contributed by atoms with van der Waals surface area (Å²) in [5, 5.41) is 5.45. The number of nitrogens with one attached hydrogen (secondary N) is 1. The summed E-state index contributed by atoms with van der Waals surface area (Å²) >= 11 is 14.0. The van der Waals surface area contributed by atoms with Gasteiger partial charge in [0.2, 0.25) is 0 Å². The molecule has 18 heavy (non-hydrogen) atoms. The van der Waals surface area contributed by atoms with Crippen LogP contribution in [0.2, 0.25) is 10.0 Å². The molecule has 1 atom stereocenters.